The van der Waals surface area contributed by atoms with Crippen molar-refractivity contribution in [2.45, 2.75) is 13.2 Å². The Kier molecular flexibility index (Phi) is 6.50. The molecular formula is C24H19NO7S. The van der Waals surface area contributed by atoms with Gasteiger partial charge < -0.3 is 19.0 Å². The van der Waals surface area contributed by atoms with E-state index in [1.54, 1.807) is 24.3 Å². The number of benzene rings is 2. The number of thioether (sulfide) groups is 1. The molecule has 168 valence electrons. The molecule has 1 N–H and O–H groups in total. The monoisotopic (exact) mass is 465 g/mol. The third kappa shape index (κ3) is 5.09. The van der Waals surface area contributed by atoms with Crippen molar-refractivity contribution in [1.29, 1.82) is 0 Å². The van der Waals surface area contributed by atoms with Crippen LogP contribution in [0.25, 0.3) is 6.08 Å². The van der Waals surface area contributed by atoms with Crippen LogP contribution >= 0.6 is 11.8 Å². The fourth-order valence-electron chi connectivity index (χ4n) is 3.17. The number of nitrogens with zero attached hydrogens (tertiary/aromatic N) is 1. The SMILES string of the molecule is COc1cc(/C=C2\SC(=O)N(Cc3ccccc3)C2=O)ccc1OCc1ccc(C(=O)O)o1. The molecule has 4 rings (SSSR count). The molecule has 0 unspecified atom stereocenters. The van der Waals surface area contributed by atoms with Gasteiger partial charge in [-0.2, -0.15) is 0 Å². The summed E-state index contributed by atoms with van der Waals surface area (Å²) in [6.45, 7) is 0.233. The highest BCUT2D eigenvalue weighted by atomic mass is 32.2. The van der Waals surface area contributed by atoms with Crippen LogP contribution in [0.2, 0.25) is 0 Å². The van der Waals surface area contributed by atoms with E-state index in [9.17, 15) is 14.4 Å². The highest BCUT2D eigenvalue weighted by Crippen LogP contribution is 2.35. The van der Waals surface area contributed by atoms with Gasteiger partial charge in [0.15, 0.2) is 11.5 Å². The van der Waals surface area contributed by atoms with Gasteiger partial charge >= 0.3 is 5.97 Å². The Morgan fingerprint density at radius 3 is 2.58 bits per heavy atom. The van der Waals surface area contributed by atoms with E-state index in [1.807, 2.05) is 30.3 Å². The molecule has 0 aliphatic carbocycles. The van der Waals surface area contributed by atoms with Crippen LogP contribution in [0.1, 0.15) is 27.4 Å². The highest BCUT2D eigenvalue weighted by Gasteiger charge is 2.35. The molecule has 0 bridgehead atoms. The second kappa shape index (κ2) is 9.66. The number of methoxy groups -OCH3 is 1. The van der Waals surface area contributed by atoms with Crippen molar-refractivity contribution in [3.8, 4) is 11.5 Å². The number of carbonyl (C=O) groups is 3. The largest absolute Gasteiger partial charge is 0.493 e. The molecule has 2 aromatic carbocycles. The quantitative estimate of drug-likeness (QED) is 0.473. The third-order valence-corrected chi connectivity index (χ3v) is 5.69. The van der Waals surface area contributed by atoms with E-state index in [1.165, 1.54) is 24.1 Å². The first-order valence-corrected chi connectivity index (χ1v) is 10.7. The molecule has 9 heteroatoms. The van der Waals surface area contributed by atoms with Gasteiger partial charge in [0.2, 0.25) is 5.76 Å². The molecule has 1 aliphatic heterocycles. The zero-order valence-electron chi connectivity index (χ0n) is 17.5. The normalized spacial score (nSPS) is 14.7. The Bertz CT molecular complexity index is 1230. The van der Waals surface area contributed by atoms with E-state index in [-0.39, 0.29) is 30.1 Å². The summed E-state index contributed by atoms with van der Waals surface area (Å²) in [6.07, 6.45) is 1.63. The van der Waals surface area contributed by atoms with E-state index in [0.717, 1.165) is 17.3 Å². The Balaban J connectivity index is 1.47. The standard InChI is InChI=1S/C24H19NO7S/c1-30-20-11-16(7-9-18(20)31-14-17-8-10-19(32-17)23(27)28)12-21-22(26)25(24(29)33-21)13-15-5-3-2-4-6-15/h2-12H,13-14H2,1H3,(H,27,28)/b21-12-. The summed E-state index contributed by atoms with van der Waals surface area (Å²) in [6, 6.07) is 17.3. The minimum Gasteiger partial charge on any atom is -0.493 e. The molecule has 8 nitrogen and oxygen atoms in total. The third-order valence-electron chi connectivity index (χ3n) is 4.78. The molecule has 0 spiro atoms. The Morgan fingerprint density at radius 1 is 1.09 bits per heavy atom. The number of hydrogen-bond donors (Lipinski definition) is 1. The zero-order valence-corrected chi connectivity index (χ0v) is 18.3. The molecule has 1 saturated heterocycles. The van der Waals surface area contributed by atoms with Crippen LogP contribution in [0.5, 0.6) is 11.5 Å². The van der Waals surface area contributed by atoms with Gasteiger partial charge in [0.05, 0.1) is 18.6 Å². The predicted octanol–water partition coefficient (Wildman–Crippen LogP) is 4.80. The number of rotatable bonds is 8. The zero-order chi connectivity index (χ0) is 23.4. The summed E-state index contributed by atoms with van der Waals surface area (Å²) in [7, 11) is 1.48. The molecule has 2 heterocycles. The van der Waals surface area contributed by atoms with Gasteiger partial charge in [0.25, 0.3) is 11.1 Å². The minimum absolute atomic E-state index is 0.0152. The predicted molar refractivity (Wildman–Crippen MR) is 121 cm³/mol. The number of hydrogen-bond acceptors (Lipinski definition) is 7. The Morgan fingerprint density at radius 2 is 1.88 bits per heavy atom. The van der Waals surface area contributed by atoms with Crippen molar-refractivity contribution in [2.75, 3.05) is 7.11 Å². The van der Waals surface area contributed by atoms with Crippen LogP contribution in [0.3, 0.4) is 0 Å². The van der Waals surface area contributed by atoms with Crippen LogP contribution < -0.4 is 9.47 Å². The molecule has 2 amide bonds. The number of carboxylic acid groups (broad SMARTS) is 1. The summed E-state index contributed by atoms with van der Waals surface area (Å²) >= 11 is 0.892. The van der Waals surface area contributed by atoms with Gasteiger partial charge in [-0.05, 0) is 53.2 Å². The number of carbonyl (C=O) groups excluding carboxylic acids is 2. The summed E-state index contributed by atoms with van der Waals surface area (Å²) < 4.78 is 16.2. The average molecular weight is 465 g/mol. The van der Waals surface area contributed by atoms with E-state index < -0.39 is 5.97 Å². The van der Waals surface area contributed by atoms with Crippen molar-refractivity contribution >= 4 is 35.0 Å². The molecule has 1 aliphatic rings. The van der Waals surface area contributed by atoms with E-state index in [2.05, 4.69) is 0 Å². The molecule has 3 aromatic rings. The van der Waals surface area contributed by atoms with Crippen LogP contribution in [0.15, 0.2) is 70.0 Å². The van der Waals surface area contributed by atoms with Crippen LogP contribution in [-0.2, 0) is 17.9 Å². The number of furan rings is 1. The molecule has 33 heavy (non-hydrogen) atoms. The van der Waals surface area contributed by atoms with Gasteiger partial charge in [0.1, 0.15) is 12.4 Å². The second-order valence-electron chi connectivity index (χ2n) is 7.02. The van der Waals surface area contributed by atoms with Crippen molar-refractivity contribution in [3.05, 3.63) is 88.2 Å². The van der Waals surface area contributed by atoms with Crippen molar-refractivity contribution in [3.63, 3.8) is 0 Å². The Hall–Kier alpha value is -3.98. The van der Waals surface area contributed by atoms with Crippen molar-refractivity contribution < 1.29 is 33.4 Å². The van der Waals surface area contributed by atoms with Crippen LogP contribution in [0, 0.1) is 0 Å². The van der Waals surface area contributed by atoms with Gasteiger partial charge in [0, 0.05) is 0 Å². The van der Waals surface area contributed by atoms with Gasteiger partial charge in [-0.1, -0.05) is 36.4 Å². The van der Waals surface area contributed by atoms with Gasteiger partial charge in [-0.3, -0.25) is 14.5 Å². The molecule has 0 atom stereocenters. The molecule has 0 saturated carbocycles. The van der Waals surface area contributed by atoms with Gasteiger partial charge in [-0.25, -0.2) is 4.79 Å². The van der Waals surface area contributed by atoms with E-state index >= 15 is 0 Å². The maximum atomic E-state index is 12.8. The highest BCUT2D eigenvalue weighted by molar-refractivity contribution is 8.18. The van der Waals surface area contributed by atoms with Crippen LogP contribution in [-0.4, -0.2) is 34.2 Å². The number of aromatic carboxylic acids is 1. The fourth-order valence-corrected chi connectivity index (χ4v) is 4.00. The van der Waals surface area contributed by atoms with E-state index in [0.29, 0.717) is 27.7 Å². The summed E-state index contributed by atoms with van der Waals surface area (Å²) in [5, 5.41) is 8.61. The first-order valence-electron chi connectivity index (χ1n) is 9.86. The van der Waals surface area contributed by atoms with E-state index in [4.69, 9.17) is 19.0 Å². The maximum absolute atomic E-state index is 12.8. The number of amides is 2. The number of ether oxygens (including phenoxy) is 2. The summed E-state index contributed by atoms with van der Waals surface area (Å²) in [5.41, 5.74) is 1.53. The molecule has 0 radical (unpaired) electrons. The maximum Gasteiger partial charge on any atom is 0.371 e. The smallest absolute Gasteiger partial charge is 0.371 e. The molecule has 1 aromatic heterocycles. The lowest BCUT2D eigenvalue weighted by Crippen LogP contribution is -2.27. The lowest BCUT2D eigenvalue weighted by Gasteiger charge is -2.12. The Labute approximate surface area is 193 Å². The number of carboxylic acids is 1. The van der Waals surface area contributed by atoms with Crippen molar-refractivity contribution in [1.82, 2.24) is 4.90 Å². The van der Waals surface area contributed by atoms with Gasteiger partial charge in [-0.15, -0.1) is 0 Å². The topological polar surface area (TPSA) is 106 Å². The van der Waals surface area contributed by atoms with Crippen LogP contribution in [0.4, 0.5) is 4.79 Å². The lowest BCUT2D eigenvalue weighted by atomic mass is 10.1. The summed E-state index contributed by atoms with van der Waals surface area (Å²) in [5.74, 6) is -0.489. The first-order chi connectivity index (χ1) is 15.9. The lowest BCUT2D eigenvalue weighted by molar-refractivity contribution is -0.123. The first kappa shape index (κ1) is 22.2. The minimum atomic E-state index is -1.16. The average Bonchev–Trinajstić information content (AvgIpc) is 3.39. The molecule has 1 fully saturated rings. The van der Waals surface area contributed by atoms with Crippen molar-refractivity contribution in [2.24, 2.45) is 0 Å². The number of imide groups is 1. The second-order valence-corrected chi connectivity index (χ2v) is 8.02. The fraction of sp³-hybridized carbons (Fsp3) is 0.125. The molecular weight excluding hydrogens is 446 g/mol. The summed E-state index contributed by atoms with van der Waals surface area (Å²) in [4.78, 5) is 37.6.